The summed E-state index contributed by atoms with van der Waals surface area (Å²) in [5.41, 5.74) is 2.63. The van der Waals surface area contributed by atoms with Gasteiger partial charge in [0.1, 0.15) is 0 Å². The first-order valence-electron chi connectivity index (χ1n) is 9.73. The number of nitrogens with zero attached hydrogens (tertiary/aromatic N) is 1. The van der Waals surface area contributed by atoms with E-state index in [1.807, 2.05) is 54.6 Å². The maximum absolute atomic E-state index is 12.5. The van der Waals surface area contributed by atoms with Crippen LogP contribution in [0.2, 0.25) is 0 Å². The molecule has 1 atom stereocenters. The first-order chi connectivity index (χ1) is 13.8. The summed E-state index contributed by atoms with van der Waals surface area (Å²) in [6.07, 6.45) is 1.65. The first kappa shape index (κ1) is 21.4. The van der Waals surface area contributed by atoms with E-state index < -0.39 is 16.3 Å². The predicted octanol–water partition coefficient (Wildman–Crippen LogP) is 2.21. The molecule has 0 spiro atoms. The highest BCUT2D eigenvalue weighted by atomic mass is 32.2. The number of aliphatic hydroxyl groups is 1. The Morgan fingerprint density at radius 2 is 1.83 bits per heavy atom. The first-order valence-corrected chi connectivity index (χ1v) is 11.2. The molecule has 3 rings (SSSR count). The van der Waals surface area contributed by atoms with Gasteiger partial charge in [0.25, 0.3) is 10.2 Å². The number of hydrogen-bond acceptors (Lipinski definition) is 4. The van der Waals surface area contributed by atoms with E-state index in [0.717, 1.165) is 11.1 Å². The lowest BCUT2D eigenvalue weighted by Gasteiger charge is -2.29. The highest BCUT2D eigenvalue weighted by Gasteiger charge is 2.29. The standard InChI is InChI=1S/C21H27N3O4S/c22-29(27,28)24-13-11-18(12-14-24)21(26)23-19-8-4-5-16(15-19)9-10-20(25)17-6-2-1-3-7-17/h1-8,15,18,20,25H,9-14H2,(H,23,26)(H2,22,27,28). The van der Waals surface area contributed by atoms with Crippen molar-refractivity contribution < 1.29 is 18.3 Å². The van der Waals surface area contributed by atoms with Crippen molar-refractivity contribution >= 4 is 21.8 Å². The number of piperidine rings is 1. The molecule has 7 nitrogen and oxygen atoms in total. The van der Waals surface area contributed by atoms with Crippen molar-refractivity contribution in [3.05, 3.63) is 65.7 Å². The van der Waals surface area contributed by atoms with Crippen LogP contribution < -0.4 is 10.5 Å². The molecule has 0 aliphatic carbocycles. The number of carbonyl (C=O) groups excluding carboxylic acids is 1. The minimum atomic E-state index is -3.69. The molecule has 1 unspecified atom stereocenters. The van der Waals surface area contributed by atoms with Crippen molar-refractivity contribution in [1.82, 2.24) is 4.31 Å². The Kier molecular flexibility index (Phi) is 7.02. The zero-order chi connectivity index (χ0) is 20.9. The molecular formula is C21H27N3O4S. The summed E-state index contributed by atoms with van der Waals surface area (Å²) in [6.45, 7) is 0.517. The maximum Gasteiger partial charge on any atom is 0.276 e. The summed E-state index contributed by atoms with van der Waals surface area (Å²) in [6, 6.07) is 17.1. The number of nitrogens with one attached hydrogen (secondary N) is 1. The van der Waals surface area contributed by atoms with E-state index >= 15 is 0 Å². The van der Waals surface area contributed by atoms with E-state index in [1.54, 1.807) is 0 Å². The van der Waals surface area contributed by atoms with E-state index in [1.165, 1.54) is 4.31 Å². The van der Waals surface area contributed by atoms with Crippen LogP contribution in [0, 0.1) is 5.92 Å². The molecule has 0 bridgehead atoms. The van der Waals surface area contributed by atoms with Crippen LogP contribution >= 0.6 is 0 Å². The van der Waals surface area contributed by atoms with Gasteiger partial charge in [0, 0.05) is 24.7 Å². The number of carbonyl (C=O) groups is 1. The molecule has 1 amide bonds. The van der Waals surface area contributed by atoms with Crippen LogP contribution in [-0.2, 0) is 21.4 Å². The fourth-order valence-electron chi connectivity index (χ4n) is 3.57. The molecule has 1 aliphatic heterocycles. The van der Waals surface area contributed by atoms with Gasteiger partial charge in [0.15, 0.2) is 0 Å². The largest absolute Gasteiger partial charge is 0.388 e. The molecule has 156 valence electrons. The second-order valence-electron chi connectivity index (χ2n) is 7.37. The predicted molar refractivity (Wildman–Crippen MR) is 112 cm³/mol. The molecule has 1 saturated heterocycles. The van der Waals surface area contributed by atoms with Gasteiger partial charge in [0.2, 0.25) is 5.91 Å². The number of anilines is 1. The Hall–Kier alpha value is -2.26. The number of benzene rings is 2. The fourth-order valence-corrected chi connectivity index (χ4v) is 4.29. The monoisotopic (exact) mass is 417 g/mol. The summed E-state index contributed by atoms with van der Waals surface area (Å²) >= 11 is 0. The minimum Gasteiger partial charge on any atom is -0.388 e. The van der Waals surface area contributed by atoms with Crippen molar-refractivity contribution in [2.24, 2.45) is 11.1 Å². The zero-order valence-corrected chi connectivity index (χ0v) is 17.0. The molecule has 0 radical (unpaired) electrons. The maximum atomic E-state index is 12.5. The lowest BCUT2D eigenvalue weighted by molar-refractivity contribution is -0.120. The van der Waals surface area contributed by atoms with Gasteiger partial charge in [-0.15, -0.1) is 0 Å². The normalized spacial score (nSPS) is 17.0. The van der Waals surface area contributed by atoms with Gasteiger partial charge in [-0.3, -0.25) is 4.79 Å². The van der Waals surface area contributed by atoms with Crippen molar-refractivity contribution in [2.45, 2.75) is 31.8 Å². The van der Waals surface area contributed by atoms with E-state index in [2.05, 4.69) is 5.32 Å². The van der Waals surface area contributed by atoms with Gasteiger partial charge in [-0.2, -0.15) is 12.7 Å². The third-order valence-corrected chi connectivity index (χ3v) is 6.35. The van der Waals surface area contributed by atoms with Crippen molar-refractivity contribution in [2.75, 3.05) is 18.4 Å². The van der Waals surface area contributed by atoms with E-state index in [9.17, 15) is 18.3 Å². The Bertz CT molecular complexity index is 926. The SMILES string of the molecule is NS(=O)(=O)N1CCC(C(=O)Nc2cccc(CCC(O)c3ccccc3)c2)CC1. The van der Waals surface area contributed by atoms with Gasteiger partial charge >= 0.3 is 0 Å². The lowest BCUT2D eigenvalue weighted by atomic mass is 9.97. The van der Waals surface area contributed by atoms with Gasteiger partial charge in [-0.25, -0.2) is 5.14 Å². The Balaban J connectivity index is 1.52. The van der Waals surface area contributed by atoms with Crippen LogP contribution in [0.1, 0.15) is 36.5 Å². The van der Waals surface area contributed by atoms with Crippen LogP contribution in [-0.4, -0.2) is 36.8 Å². The Labute approximate surface area is 171 Å². The summed E-state index contributed by atoms with van der Waals surface area (Å²) < 4.78 is 24.0. The summed E-state index contributed by atoms with van der Waals surface area (Å²) in [7, 11) is -3.69. The van der Waals surface area contributed by atoms with Crippen molar-refractivity contribution in [3.8, 4) is 0 Å². The van der Waals surface area contributed by atoms with E-state index in [4.69, 9.17) is 5.14 Å². The molecule has 0 aromatic heterocycles. The van der Waals surface area contributed by atoms with E-state index in [0.29, 0.717) is 31.4 Å². The third kappa shape index (κ3) is 6.11. The molecule has 1 fully saturated rings. The second kappa shape index (κ2) is 9.49. The molecule has 29 heavy (non-hydrogen) atoms. The van der Waals surface area contributed by atoms with Crippen LogP contribution in [0.15, 0.2) is 54.6 Å². The van der Waals surface area contributed by atoms with E-state index in [-0.39, 0.29) is 24.9 Å². The van der Waals surface area contributed by atoms with Gasteiger partial charge in [-0.05, 0) is 48.9 Å². The average molecular weight is 418 g/mol. The molecule has 1 aliphatic rings. The molecular weight excluding hydrogens is 390 g/mol. The topological polar surface area (TPSA) is 113 Å². The van der Waals surface area contributed by atoms with Gasteiger partial charge in [0.05, 0.1) is 6.10 Å². The van der Waals surface area contributed by atoms with Gasteiger partial charge in [-0.1, -0.05) is 42.5 Å². The molecule has 0 saturated carbocycles. The van der Waals surface area contributed by atoms with Crippen LogP contribution in [0.5, 0.6) is 0 Å². The van der Waals surface area contributed by atoms with Crippen LogP contribution in [0.25, 0.3) is 0 Å². The van der Waals surface area contributed by atoms with Crippen LogP contribution in [0.3, 0.4) is 0 Å². The molecule has 2 aromatic carbocycles. The number of aliphatic hydroxyl groups excluding tert-OH is 1. The van der Waals surface area contributed by atoms with Crippen molar-refractivity contribution in [3.63, 3.8) is 0 Å². The minimum absolute atomic E-state index is 0.111. The number of aryl methyl sites for hydroxylation is 1. The highest BCUT2D eigenvalue weighted by Crippen LogP contribution is 2.23. The number of nitrogens with two attached hydrogens (primary N) is 1. The lowest BCUT2D eigenvalue weighted by Crippen LogP contribution is -2.44. The quantitative estimate of drug-likeness (QED) is 0.641. The zero-order valence-electron chi connectivity index (χ0n) is 16.2. The second-order valence-corrected chi connectivity index (χ2v) is 8.92. The van der Waals surface area contributed by atoms with Crippen LogP contribution in [0.4, 0.5) is 5.69 Å². The highest BCUT2D eigenvalue weighted by molar-refractivity contribution is 7.86. The number of hydrogen-bond donors (Lipinski definition) is 3. The number of amides is 1. The third-order valence-electron chi connectivity index (χ3n) is 5.27. The molecule has 8 heteroatoms. The molecule has 2 aromatic rings. The fraction of sp³-hybridized carbons (Fsp3) is 0.381. The van der Waals surface area contributed by atoms with Crippen molar-refractivity contribution in [1.29, 1.82) is 0 Å². The summed E-state index contributed by atoms with van der Waals surface area (Å²) in [5, 5.41) is 18.4. The average Bonchev–Trinajstić information content (AvgIpc) is 2.72. The summed E-state index contributed by atoms with van der Waals surface area (Å²) in [5.74, 6) is -0.350. The summed E-state index contributed by atoms with van der Waals surface area (Å²) in [4.78, 5) is 12.5. The smallest absolute Gasteiger partial charge is 0.276 e. The number of rotatable bonds is 7. The Morgan fingerprint density at radius 3 is 2.48 bits per heavy atom. The molecule has 1 heterocycles. The molecule has 4 N–H and O–H groups in total. The Morgan fingerprint density at radius 1 is 1.14 bits per heavy atom. The van der Waals surface area contributed by atoms with Gasteiger partial charge < -0.3 is 10.4 Å².